The van der Waals surface area contributed by atoms with Crippen molar-refractivity contribution in [2.75, 3.05) is 19.8 Å². The van der Waals surface area contributed by atoms with Crippen LogP contribution in [0.3, 0.4) is 0 Å². The van der Waals surface area contributed by atoms with Crippen LogP contribution < -0.4 is 0 Å². The molecule has 0 heterocycles. The lowest BCUT2D eigenvalue weighted by atomic mass is 10.5. The summed E-state index contributed by atoms with van der Waals surface area (Å²) < 4.78 is 8.50. The Bertz CT molecular complexity index is 178. The van der Waals surface area contributed by atoms with Crippen LogP contribution in [0.15, 0.2) is 0 Å². The van der Waals surface area contributed by atoms with E-state index in [1.54, 1.807) is 0 Å². The molecule has 5 nitrogen and oxygen atoms in total. The number of ether oxygens (including phenoxy) is 2. The summed E-state index contributed by atoms with van der Waals surface area (Å²) in [5.41, 5.74) is 0. The van der Waals surface area contributed by atoms with Crippen molar-refractivity contribution in [1.82, 2.24) is 0 Å². The first-order valence-corrected chi connectivity index (χ1v) is 3.34. The first-order chi connectivity index (χ1) is 5.81. The van der Waals surface area contributed by atoms with Gasteiger partial charge in [-0.15, -0.1) is 0 Å². The highest BCUT2D eigenvalue weighted by atomic mass is 16.7. The van der Waals surface area contributed by atoms with Crippen molar-refractivity contribution in [2.24, 2.45) is 0 Å². The third kappa shape index (κ3) is 6.86. The van der Waals surface area contributed by atoms with E-state index in [4.69, 9.17) is 10.2 Å². The molecule has 0 fully saturated rings. The highest BCUT2D eigenvalue weighted by molar-refractivity contribution is 5.61. The Morgan fingerprint density at radius 3 is 2.67 bits per heavy atom. The third-order valence-corrected chi connectivity index (χ3v) is 0.755. The first-order valence-electron chi connectivity index (χ1n) is 3.34. The molecule has 0 radical (unpaired) electrons. The molecule has 0 saturated carbocycles. The van der Waals surface area contributed by atoms with Crippen LogP contribution >= 0.6 is 0 Å². The Balaban J connectivity index is 3.38. The van der Waals surface area contributed by atoms with Crippen LogP contribution in [-0.2, 0) is 9.47 Å². The predicted molar refractivity (Wildman–Crippen MR) is 39.0 cm³/mol. The highest BCUT2D eigenvalue weighted by Crippen LogP contribution is 1.82. The highest BCUT2D eigenvalue weighted by Gasteiger charge is 1.98. The summed E-state index contributed by atoms with van der Waals surface area (Å²) in [4.78, 5) is 10.4. The van der Waals surface area contributed by atoms with Gasteiger partial charge in [-0.3, -0.25) is 0 Å². The number of rotatable bonds is 3. The van der Waals surface area contributed by atoms with Gasteiger partial charge in [0.05, 0.1) is 13.2 Å². The van der Waals surface area contributed by atoms with E-state index in [1.165, 1.54) is 0 Å². The van der Waals surface area contributed by atoms with Gasteiger partial charge in [0.1, 0.15) is 12.7 Å². The van der Waals surface area contributed by atoms with Gasteiger partial charge in [-0.2, -0.15) is 0 Å². The van der Waals surface area contributed by atoms with Crippen molar-refractivity contribution in [3.63, 3.8) is 0 Å². The minimum Gasteiger partial charge on any atom is -0.431 e. The zero-order valence-corrected chi connectivity index (χ0v) is 6.45. The van der Waals surface area contributed by atoms with Crippen molar-refractivity contribution in [3.05, 3.63) is 0 Å². The molecule has 5 heteroatoms. The summed E-state index contributed by atoms with van der Waals surface area (Å²) >= 11 is 0. The number of hydrogen-bond acceptors (Lipinski definition) is 5. The van der Waals surface area contributed by atoms with Crippen LogP contribution in [-0.4, -0.2) is 36.2 Å². The fourth-order valence-corrected chi connectivity index (χ4v) is 0.343. The summed E-state index contributed by atoms with van der Waals surface area (Å²) in [6.07, 6.45) is 1.32. The van der Waals surface area contributed by atoms with E-state index in [-0.39, 0.29) is 26.2 Å². The van der Waals surface area contributed by atoms with Gasteiger partial charge in [-0.05, 0) is 0 Å². The van der Waals surface area contributed by atoms with Crippen LogP contribution in [0.5, 0.6) is 0 Å². The van der Waals surface area contributed by atoms with Crippen molar-refractivity contribution in [1.29, 1.82) is 0 Å². The third-order valence-electron chi connectivity index (χ3n) is 0.755. The van der Waals surface area contributed by atoms with Gasteiger partial charge in [-0.1, -0.05) is 5.92 Å². The second-order valence-corrected chi connectivity index (χ2v) is 1.68. The molecular weight excluding hydrogens is 164 g/mol. The minimum absolute atomic E-state index is 0.0813. The first kappa shape index (κ1) is 10.8. The van der Waals surface area contributed by atoms with Gasteiger partial charge in [0.2, 0.25) is 0 Å². The van der Waals surface area contributed by atoms with E-state index in [0.29, 0.717) is 0 Å². The van der Waals surface area contributed by atoms with E-state index >= 15 is 0 Å². The molecule has 0 atom stereocenters. The Hall–Kier alpha value is -1.25. The number of aliphatic hydroxyl groups is 2. The summed E-state index contributed by atoms with van der Waals surface area (Å²) in [5, 5.41) is 16.5. The zero-order valence-electron chi connectivity index (χ0n) is 6.45. The monoisotopic (exact) mass is 174 g/mol. The van der Waals surface area contributed by atoms with E-state index in [2.05, 4.69) is 15.4 Å². The van der Waals surface area contributed by atoms with Gasteiger partial charge >= 0.3 is 6.16 Å². The smallest absolute Gasteiger partial charge is 0.431 e. The van der Waals surface area contributed by atoms with E-state index < -0.39 is 6.16 Å². The molecule has 68 valence electrons. The largest absolute Gasteiger partial charge is 0.522 e. The number of hydrogen-bond donors (Lipinski definition) is 2. The van der Waals surface area contributed by atoms with Crippen LogP contribution in [0.2, 0.25) is 0 Å². The average molecular weight is 174 g/mol. The molecule has 12 heavy (non-hydrogen) atoms. The van der Waals surface area contributed by atoms with E-state index in [0.717, 1.165) is 0 Å². The summed E-state index contributed by atoms with van der Waals surface area (Å²) in [6.45, 7) is -0.443. The lowest BCUT2D eigenvalue weighted by Gasteiger charge is -1.96. The Kier molecular flexibility index (Phi) is 7.03. The van der Waals surface area contributed by atoms with E-state index in [1.807, 2.05) is 6.11 Å². The molecule has 0 aliphatic carbocycles. The van der Waals surface area contributed by atoms with Gasteiger partial charge in [0.15, 0.2) is 0 Å². The molecule has 0 aliphatic heterocycles. The van der Waals surface area contributed by atoms with E-state index in [9.17, 15) is 4.79 Å². The van der Waals surface area contributed by atoms with Crippen molar-refractivity contribution in [2.45, 2.75) is 6.42 Å². The van der Waals surface area contributed by atoms with Gasteiger partial charge < -0.3 is 19.7 Å². The average Bonchev–Trinajstić information content (AvgIpc) is 2.09. The topological polar surface area (TPSA) is 76.0 Å². The number of aliphatic hydroxyl groups excluding tert-OH is 2. The van der Waals surface area contributed by atoms with Crippen molar-refractivity contribution < 1.29 is 24.5 Å². The molecule has 0 spiro atoms. The molecular formula is C7H10O5. The zero-order chi connectivity index (χ0) is 9.23. The molecule has 2 N–H and O–H groups in total. The number of carbonyl (C=O) groups excluding carboxylic acids is 1. The molecule has 0 aliphatic rings. The minimum atomic E-state index is -0.950. The molecule has 0 amide bonds. The lowest BCUT2D eigenvalue weighted by molar-refractivity contribution is 0.0732. The van der Waals surface area contributed by atoms with Crippen molar-refractivity contribution >= 4 is 6.16 Å². The normalized spacial score (nSPS) is 8.17. The SMILES string of the molecule is O=C(OC#CCCO)OCCO. The maximum Gasteiger partial charge on any atom is 0.522 e. The molecule has 0 aromatic rings. The van der Waals surface area contributed by atoms with Crippen LogP contribution in [0, 0.1) is 12.0 Å². The second-order valence-electron chi connectivity index (χ2n) is 1.68. The Labute approximate surface area is 69.9 Å². The van der Waals surface area contributed by atoms with Crippen LogP contribution in [0.1, 0.15) is 6.42 Å². The lowest BCUT2D eigenvalue weighted by Crippen LogP contribution is -2.07. The molecule has 0 aromatic carbocycles. The molecule has 0 saturated heterocycles. The fraction of sp³-hybridized carbons (Fsp3) is 0.571. The maximum atomic E-state index is 10.4. The molecule has 0 aromatic heterocycles. The Morgan fingerprint density at radius 2 is 2.08 bits per heavy atom. The van der Waals surface area contributed by atoms with Crippen LogP contribution in [0.4, 0.5) is 4.79 Å². The maximum absolute atomic E-state index is 10.4. The van der Waals surface area contributed by atoms with Gasteiger partial charge in [-0.25, -0.2) is 4.79 Å². The van der Waals surface area contributed by atoms with Gasteiger partial charge in [0.25, 0.3) is 0 Å². The molecule has 0 bridgehead atoms. The quantitative estimate of drug-likeness (QED) is 0.444. The molecule has 0 rings (SSSR count). The molecule has 0 unspecified atom stereocenters. The van der Waals surface area contributed by atoms with Crippen molar-refractivity contribution in [3.8, 4) is 12.0 Å². The predicted octanol–water partition coefficient (Wildman–Crippen LogP) is -0.525. The second kappa shape index (κ2) is 7.85. The Morgan fingerprint density at radius 1 is 1.33 bits per heavy atom. The standard InChI is InChI=1S/C7H10O5/c8-3-1-2-5-11-7(10)12-6-4-9/h8-9H,1,3-4,6H2. The van der Waals surface area contributed by atoms with Crippen LogP contribution in [0.25, 0.3) is 0 Å². The van der Waals surface area contributed by atoms with Gasteiger partial charge in [0, 0.05) is 6.42 Å². The summed E-state index contributed by atoms with van der Waals surface area (Å²) in [5.74, 6) is 2.36. The fourth-order valence-electron chi connectivity index (χ4n) is 0.343. The summed E-state index contributed by atoms with van der Waals surface area (Å²) in [7, 11) is 0. The number of carbonyl (C=O) groups is 1. The summed E-state index contributed by atoms with van der Waals surface area (Å²) in [6, 6.07) is 0.